The Bertz CT molecular complexity index is 1380. The normalized spacial score (nSPS) is 14.2. The number of hydrogen-bond donors (Lipinski definition) is 2. The summed E-state index contributed by atoms with van der Waals surface area (Å²) < 4.78 is 7.98. The van der Waals surface area contributed by atoms with E-state index in [4.69, 9.17) is 10.5 Å². The van der Waals surface area contributed by atoms with Crippen LogP contribution in [0.5, 0.6) is 17.2 Å². The van der Waals surface area contributed by atoms with Crippen molar-refractivity contribution in [2.75, 3.05) is 30.3 Å². The van der Waals surface area contributed by atoms with Gasteiger partial charge in [-0.25, -0.2) is 4.98 Å². The Morgan fingerprint density at radius 3 is 2.69 bits per heavy atom. The number of rotatable bonds is 7. The number of piperazine rings is 1. The molecule has 0 radical (unpaired) electrons. The maximum Gasteiger partial charge on any atom is 0.241 e. The third-order valence-corrected chi connectivity index (χ3v) is 6.27. The molecule has 1 saturated heterocycles. The molecule has 8 heteroatoms. The molecule has 5 rings (SSSR count). The van der Waals surface area contributed by atoms with Crippen LogP contribution in [0, 0.1) is 6.92 Å². The van der Waals surface area contributed by atoms with E-state index in [1.807, 2.05) is 60.5 Å². The molecule has 3 aromatic carbocycles. The van der Waals surface area contributed by atoms with Crippen molar-refractivity contribution < 1.29 is 14.6 Å². The first-order valence-electron chi connectivity index (χ1n) is 11.9. The van der Waals surface area contributed by atoms with Gasteiger partial charge in [0, 0.05) is 44.1 Å². The number of aryl methyl sites for hydroxylation is 1. The average molecular weight is 484 g/mol. The molecule has 0 unspecified atom stereocenters. The standard InChI is InChI=1S/C28H29N5O3/c1-20-4-2-5-22(12-20)33-11-10-31(18-28(33)35)17-23-15-30-19-32(23)16-21-8-9-26(29)27(13-21)36-25-7-3-6-24(34)14-25/h2-9,12-15,19,34H,10-11,16-18,29H2,1H3. The van der Waals surface area contributed by atoms with Crippen LogP contribution < -0.4 is 15.4 Å². The number of phenols is 1. The maximum atomic E-state index is 12.9. The average Bonchev–Trinajstić information content (AvgIpc) is 3.27. The van der Waals surface area contributed by atoms with Gasteiger partial charge in [0.2, 0.25) is 5.91 Å². The Balaban J connectivity index is 1.25. The van der Waals surface area contributed by atoms with E-state index in [1.165, 1.54) is 0 Å². The first-order chi connectivity index (χ1) is 17.4. The Kier molecular flexibility index (Phi) is 6.60. The molecule has 0 saturated carbocycles. The molecular formula is C28H29N5O3. The Morgan fingerprint density at radius 2 is 1.89 bits per heavy atom. The van der Waals surface area contributed by atoms with Crippen molar-refractivity contribution in [1.82, 2.24) is 14.5 Å². The summed E-state index contributed by atoms with van der Waals surface area (Å²) >= 11 is 0. The SMILES string of the molecule is Cc1cccc(N2CCN(Cc3cncn3Cc3ccc(N)c(Oc4cccc(O)c4)c3)CC2=O)c1. The predicted octanol–water partition coefficient (Wildman–Crippen LogP) is 4.17. The number of nitrogen functional groups attached to an aromatic ring is 1. The molecule has 4 aromatic rings. The minimum atomic E-state index is 0.102. The van der Waals surface area contributed by atoms with Crippen molar-refractivity contribution >= 4 is 17.3 Å². The molecule has 1 aliphatic rings. The van der Waals surface area contributed by atoms with Gasteiger partial charge in [0.25, 0.3) is 0 Å². The van der Waals surface area contributed by atoms with Crippen molar-refractivity contribution in [3.63, 3.8) is 0 Å². The second-order valence-corrected chi connectivity index (χ2v) is 9.08. The third-order valence-electron chi connectivity index (χ3n) is 6.27. The summed E-state index contributed by atoms with van der Waals surface area (Å²) in [5.41, 5.74) is 10.8. The molecule has 1 aliphatic heterocycles. The van der Waals surface area contributed by atoms with Gasteiger partial charge in [0.1, 0.15) is 11.5 Å². The van der Waals surface area contributed by atoms with Crippen LogP contribution in [-0.2, 0) is 17.9 Å². The number of benzene rings is 3. The van der Waals surface area contributed by atoms with E-state index in [9.17, 15) is 9.90 Å². The summed E-state index contributed by atoms with van der Waals surface area (Å²) in [4.78, 5) is 21.3. The fraction of sp³-hybridized carbons (Fsp3) is 0.214. The van der Waals surface area contributed by atoms with Crippen molar-refractivity contribution in [3.05, 3.63) is 96.1 Å². The number of phenolic OH excluding ortho intramolecular Hbond substituents is 1. The maximum absolute atomic E-state index is 12.9. The van der Waals surface area contributed by atoms with E-state index in [-0.39, 0.29) is 11.7 Å². The fourth-order valence-corrected chi connectivity index (χ4v) is 4.41. The summed E-state index contributed by atoms with van der Waals surface area (Å²) in [6.45, 7) is 5.06. The number of carbonyl (C=O) groups is 1. The van der Waals surface area contributed by atoms with E-state index < -0.39 is 0 Å². The lowest BCUT2D eigenvalue weighted by atomic mass is 10.1. The zero-order valence-corrected chi connectivity index (χ0v) is 20.2. The van der Waals surface area contributed by atoms with Gasteiger partial charge in [0.15, 0.2) is 5.75 Å². The summed E-state index contributed by atoms with van der Waals surface area (Å²) in [5, 5.41) is 9.70. The van der Waals surface area contributed by atoms with Gasteiger partial charge in [-0.15, -0.1) is 0 Å². The molecule has 0 bridgehead atoms. The van der Waals surface area contributed by atoms with Crippen LogP contribution in [0.2, 0.25) is 0 Å². The quantitative estimate of drug-likeness (QED) is 0.383. The zero-order chi connectivity index (χ0) is 25.1. The van der Waals surface area contributed by atoms with Gasteiger partial charge < -0.3 is 25.0 Å². The Hall–Kier alpha value is -4.30. The summed E-state index contributed by atoms with van der Waals surface area (Å²) in [7, 11) is 0. The number of aromatic nitrogens is 2. The molecule has 0 spiro atoms. The molecule has 8 nitrogen and oxygen atoms in total. The highest BCUT2D eigenvalue weighted by atomic mass is 16.5. The molecule has 3 N–H and O–H groups in total. The van der Waals surface area contributed by atoms with E-state index >= 15 is 0 Å². The van der Waals surface area contributed by atoms with Crippen LogP contribution in [-0.4, -0.2) is 45.1 Å². The summed E-state index contributed by atoms with van der Waals surface area (Å²) in [6.07, 6.45) is 3.64. The number of nitrogens with two attached hydrogens (primary N) is 1. The number of amides is 1. The van der Waals surface area contributed by atoms with Crippen LogP contribution in [0.4, 0.5) is 11.4 Å². The van der Waals surface area contributed by atoms with Crippen LogP contribution >= 0.6 is 0 Å². The molecule has 1 aromatic heterocycles. The minimum absolute atomic E-state index is 0.102. The van der Waals surface area contributed by atoms with Crippen LogP contribution in [0.25, 0.3) is 0 Å². The fourth-order valence-electron chi connectivity index (χ4n) is 4.41. The second kappa shape index (κ2) is 10.1. The van der Waals surface area contributed by atoms with Gasteiger partial charge in [-0.3, -0.25) is 9.69 Å². The van der Waals surface area contributed by atoms with Gasteiger partial charge in [0.05, 0.1) is 24.3 Å². The van der Waals surface area contributed by atoms with E-state index in [0.29, 0.717) is 43.4 Å². The second-order valence-electron chi connectivity index (χ2n) is 9.08. The zero-order valence-electron chi connectivity index (χ0n) is 20.2. The number of nitrogens with zero attached hydrogens (tertiary/aromatic N) is 4. The Morgan fingerprint density at radius 1 is 1.03 bits per heavy atom. The molecule has 184 valence electrons. The first kappa shape index (κ1) is 23.4. The molecule has 2 heterocycles. The van der Waals surface area contributed by atoms with Gasteiger partial charge >= 0.3 is 0 Å². The van der Waals surface area contributed by atoms with Gasteiger partial charge in [-0.05, 0) is 54.4 Å². The lowest BCUT2D eigenvalue weighted by Gasteiger charge is -2.34. The first-order valence-corrected chi connectivity index (χ1v) is 11.9. The van der Waals surface area contributed by atoms with E-state index in [2.05, 4.69) is 14.5 Å². The molecular weight excluding hydrogens is 454 g/mol. The highest BCUT2D eigenvalue weighted by molar-refractivity contribution is 5.95. The summed E-state index contributed by atoms with van der Waals surface area (Å²) in [6, 6.07) is 20.3. The monoisotopic (exact) mass is 483 g/mol. The molecule has 1 amide bonds. The number of imidazole rings is 1. The Labute approximate surface area is 210 Å². The predicted molar refractivity (Wildman–Crippen MR) is 139 cm³/mol. The van der Waals surface area contributed by atoms with E-state index in [1.54, 1.807) is 30.6 Å². The third kappa shape index (κ3) is 5.34. The summed E-state index contributed by atoms with van der Waals surface area (Å²) in [5.74, 6) is 1.27. The number of carbonyl (C=O) groups excluding carboxylic acids is 1. The number of anilines is 2. The van der Waals surface area contributed by atoms with Crippen molar-refractivity contribution in [3.8, 4) is 17.2 Å². The van der Waals surface area contributed by atoms with Crippen molar-refractivity contribution in [2.24, 2.45) is 0 Å². The smallest absolute Gasteiger partial charge is 0.241 e. The van der Waals surface area contributed by atoms with E-state index in [0.717, 1.165) is 29.1 Å². The van der Waals surface area contributed by atoms with Crippen LogP contribution in [0.1, 0.15) is 16.8 Å². The number of ether oxygens (including phenoxy) is 1. The molecule has 36 heavy (non-hydrogen) atoms. The van der Waals surface area contributed by atoms with Crippen LogP contribution in [0.15, 0.2) is 79.3 Å². The topological polar surface area (TPSA) is 96.8 Å². The van der Waals surface area contributed by atoms with Crippen LogP contribution in [0.3, 0.4) is 0 Å². The highest BCUT2D eigenvalue weighted by Gasteiger charge is 2.25. The van der Waals surface area contributed by atoms with Gasteiger partial charge in [-0.2, -0.15) is 0 Å². The largest absolute Gasteiger partial charge is 0.508 e. The lowest BCUT2D eigenvalue weighted by molar-refractivity contribution is -0.121. The molecule has 0 aliphatic carbocycles. The highest BCUT2D eigenvalue weighted by Crippen LogP contribution is 2.30. The van der Waals surface area contributed by atoms with Gasteiger partial charge in [-0.1, -0.05) is 24.3 Å². The van der Waals surface area contributed by atoms with Crippen molar-refractivity contribution in [1.29, 1.82) is 0 Å². The molecule has 1 fully saturated rings. The number of hydrogen-bond acceptors (Lipinski definition) is 6. The lowest BCUT2D eigenvalue weighted by Crippen LogP contribution is -2.50. The molecule has 0 atom stereocenters. The number of aromatic hydroxyl groups is 1. The minimum Gasteiger partial charge on any atom is -0.508 e. The van der Waals surface area contributed by atoms with Crippen molar-refractivity contribution in [2.45, 2.75) is 20.0 Å².